The zero-order chi connectivity index (χ0) is 14.5. The van der Waals surface area contributed by atoms with Crippen LogP contribution < -0.4 is 5.32 Å². The smallest absolute Gasteiger partial charge is 0.157 e. The van der Waals surface area contributed by atoms with Gasteiger partial charge in [-0.1, -0.05) is 19.9 Å². The maximum atomic E-state index is 11.3. The molecule has 0 saturated heterocycles. The molecule has 2 bridgehead atoms. The summed E-state index contributed by atoms with van der Waals surface area (Å²) in [5, 5.41) is 34.0. The Morgan fingerprint density at radius 1 is 1.20 bits per heavy atom. The monoisotopic (exact) mass is 277 g/mol. The maximum absolute atomic E-state index is 11.3. The van der Waals surface area contributed by atoms with Gasteiger partial charge in [-0.25, -0.2) is 0 Å². The molecule has 0 spiro atoms. The fourth-order valence-electron chi connectivity index (χ4n) is 4.14. The van der Waals surface area contributed by atoms with Crippen LogP contribution in [0.5, 0.6) is 11.5 Å². The van der Waals surface area contributed by atoms with E-state index >= 15 is 0 Å². The number of hydrogen-bond acceptors (Lipinski definition) is 4. The highest BCUT2D eigenvalue weighted by molar-refractivity contribution is 5.44. The van der Waals surface area contributed by atoms with Crippen molar-refractivity contribution in [3.8, 4) is 11.5 Å². The van der Waals surface area contributed by atoms with Gasteiger partial charge in [0, 0.05) is 12.1 Å². The number of phenols is 2. The van der Waals surface area contributed by atoms with E-state index < -0.39 is 5.60 Å². The Morgan fingerprint density at radius 2 is 1.95 bits per heavy atom. The Balaban J connectivity index is 2.00. The number of hydrogen-bond donors (Lipinski definition) is 4. The van der Waals surface area contributed by atoms with E-state index in [2.05, 4.69) is 19.2 Å². The Labute approximate surface area is 119 Å². The van der Waals surface area contributed by atoms with Crippen molar-refractivity contribution in [2.45, 2.75) is 50.8 Å². The minimum absolute atomic E-state index is 0.0187. The molecule has 2 aliphatic rings. The Bertz CT molecular complexity index is 516. The standard InChI is InChI=1S/C16H23NO3/c1-9(2)17-15-10-3-4-11(7-10)16(15,20)12-5-6-13(18)14(19)8-12/h5-6,8-11,15,17-20H,3-4,7H2,1-2H3. The van der Waals surface area contributed by atoms with Gasteiger partial charge in [-0.15, -0.1) is 0 Å². The van der Waals surface area contributed by atoms with Gasteiger partial charge in [-0.05, 0) is 48.8 Å². The number of aliphatic hydroxyl groups is 1. The van der Waals surface area contributed by atoms with Crippen molar-refractivity contribution in [3.05, 3.63) is 23.8 Å². The lowest BCUT2D eigenvalue weighted by atomic mass is 9.75. The molecule has 110 valence electrons. The molecule has 4 unspecified atom stereocenters. The molecule has 0 aliphatic heterocycles. The quantitative estimate of drug-likeness (QED) is 0.638. The van der Waals surface area contributed by atoms with Crippen molar-refractivity contribution in [1.29, 1.82) is 0 Å². The highest BCUT2D eigenvalue weighted by Crippen LogP contribution is 2.56. The third kappa shape index (κ3) is 1.90. The molecule has 3 rings (SSSR count). The van der Waals surface area contributed by atoms with Gasteiger partial charge >= 0.3 is 0 Å². The van der Waals surface area contributed by atoms with Crippen LogP contribution in [0.2, 0.25) is 0 Å². The first-order valence-electron chi connectivity index (χ1n) is 7.43. The van der Waals surface area contributed by atoms with Gasteiger partial charge in [0.15, 0.2) is 11.5 Å². The van der Waals surface area contributed by atoms with Crippen LogP contribution in [0.4, 0.5) is 0 Å². The van der Waals surface area contributed by atoms with Crippen molar-refractivity contribution in [2.75, 3.05) is 0 Å². The first-order chi connectivity index (χ1) is 9.42. The van der Waals surface area contributed by atoms with E-state index in [1.54, 1.807) is 6.07 Å². The Morgan fingerprint density at radius 3 is 2.60 bits per heavy atom. The van der Waals surface area contributed by atoms with Gasteiger partial charge in [0.2, 0.25) is 0 Å². The SMILES string of the molecule is CC(C)NC1C2CCC(C2)C1(O)c1ccc(O)c(O)c1. The van der Waals surface area contributed by atoms with Crippen LogP contribution in [0, 0.1) is 11.8 Å². The number of nitrogens with one attached hydrogen (secondary N) is 1. The molecule has 4 atom stereocenters. The van der Waals surface area contributed by atoms with E-state index in [1.807, 2.05) is 0 Å². The van der Waals surface area contributed by atoms with E-state index in [9.17, 15) is 15.3 Å². The summed E-state index contributed by atoms with van der Waals surface area (Å²) in [5.41, 5.74) is -0.239. The summed E-state index contributed by atoms with van der Waals surface area (Å²) in [4.78, 5) is 0. The molecule has 0 amide bonds. The second kappa shape index (κ2) is 4.64. The van der Waals surface area contributed by atoms with Crippen LogP contribution in [0.1, 0.15) is 38.7 Å². The molecule has 0 aromatic heterocycles. The van der Waals surface area contributed by atoms with Crippen LogP contribution in [0.3, 0.4) is 0 Å². The molecule has 2 aliphatic carbocycles. The average molecular weight is 277 g/mol. The minimum Gasteiger partial charge on any atom is -0.504 e. The molecule has 4 nitrogen and oxygen atoms in total. The lowest BCUT2D eigenvalue weighted by Gasteiger charge is -2.41. The molecular weight excluding hydrogens is 254 g/mol. The van der Waals surface area contributed by atoms with E-state index in [4.69, 9.17) is 0 Å². The van der Waals surface area contributed by atoms with Gasteiger partial charge in [0.25, 0.3) is 0 Å². The highest BCUT2D eigenvalue weighted by Gasteiger charge is 2.58. The fraction of sp³-hybridized carbons (Fsp3) is 0.625. The number of fused-ring (bicyclic) bond motifs is 2. The molecule has 0 radical (unpaired) electrons. The maximum Gasteiger partial charge on any atom is 0.157 e. The van der Waals surface area contributed by atoms with Crippen molar-refractivity contribution >= 4 is 0 Å². The Hall–Kier alpha value is -1.26. The first kappa shape index (κ1) is 13.7. The van der Waals surface area contributed by atoms with E-state index in [1.165, 1.54) is 12.1 Å². The van der Waals surface area contributed by atoms with Crippen molar-refractivity contribution < 1.29 is 15.3 Å². The lowest BCUT2D eigenvalue weighted by molar-refractivity contribution is -0.0484. The fourth-order valence-corrected chi connectivity index (χ4v) is 4.14. The molecule has 4 heteroatoms. The molecule has 1 aromatic carbocycles. The van der Waals surface area contributed by atoms with Crippen LogP contribution >= 0.6 is 0 Å². The normalized spacial score (nSPS) is 35.9. The molecular formula is C16H23NO3. The van der Waals surface area contributed by atoms with Crippen LogP contribution in [-0.2, 0) is 5.60 Å². The molecule has 4 N–H and O–H groups in total. The second-order valence-corrected chi connectivity index (χ2v) is 6.60. The summed E-state index contributed by atoms with van der Waals surface area (Å²) in [6.45, 7) is 4.17. The van der Waals surface area contributed by atoms with Gasteiger partial charge in [-0.3, -0.25) is 0 Å². The van der Waals surface area contributed by atoms with Crippen LogP contribution in [-0.4, -0.2) is 27.4 Å². The van der Waals surface area contributed by atoms with Gasteiger partial charge in [0.1, 0.15) is 5.60 Å². The van der Waals surface area contributed by atoms with E-state index in [0.29, 0.717) is 17.5 Å². The minimum atomic E-state index is -0.946. The zero-order valence-electron chi connectivity index (χ0n) is 12.0. The van der Waals surface area contributed by atoms with Crippen molar-refractivity contribution in [2.24, 2.45) is 11.8 Å². The summed E-state index contributed by atoms with van der Waals surface area (Å²) in [6.07, 6.45) is 3.21. The van der Waals surface area contributed by atoms with Gasteiger partial charge in [-0.2, -0.15) is 0 Å². The zero-order valence-corrected chi connectivity index (χ0v) is 12.0. The largest absolute Gasteiger partial charge is 0.504 e. The highest BCUT2D eigenvalue weighted by atomic mass is 16.3. The topological polar surface area (TPSA) is 72.7 Å². The molecule has 20 heavy (non-hydrogen) atoms. The lowest BCUT2D eigenvalue weighted by Crippen LogP contribution is -2.54. The number of phenolic OH excluding ortho intramolecular Hbond substituents is 2. The predicted octanol–water partition coefficient (Wildman–Crippen LogP) is 2.08. The first-order valence-corrected chi connectivity index (χ1v) is 7.43. The average Bonchev–Trinajstić information content (AvgIpc) is 2.95. The van der Waals surface area contributed by atoms with Crippen molar-refractivity contribution in [1.82, 2.24) is 5.32 Å². The van der Waals surface area contributed by atoms with Crippen molar-refractivity contribution in [3.63, 3.8) is 0 Å². The predicted molar refractivity (Wildman–Crippen MR) is 76.6 cm³/mol. The molecule has 2 saturated carbocycles. The van der Waals surface area contributed by atoms with Crippen LogP contribution in [0.15, 0.2) is 18.2 Å². The van der Waals surface area contributed by atoms with Gasteiger partial charge < -0.3 is 20.6 Å². The van der Waals surface area contributed by atoms with Crippen LogP contribution in [0.25, 0.3) is 0 Å². The molecule has 1 aromatic rings. The number of aromatic hydroxyl groups is 2. The van der Waals surface area contributed by atoms with E-state index in [0.717, 1.165) is 19.3 Å². The molecule has 2 fully saturated rings. The summed E-state index contributed by atoms with van der Waals surface area (Å²) in [5.74, 6) is 0.409. The second-order valence-electron chi connectivity index (χ2n) is 6.60. The van der Waals surface area contributed by atoms with E-state index in [-0.39, 0.29) is 23.5 Å². The Kier molecular flexibility index (Phi) is 3.18. The number of rotatable bonds is 3. The summed E-state index contributed by atoms with van der Waals surface area (Å²) < 4.78 is 0. The third-order valence-electron chi connectivity index (χ3n) is 4.99. The number of benzene rings is 1. The third-order valence-corrected chi connectivity index (χ3v) is 4.99. The summed E-state index contributed by atoms with van der Waals surface area (Å²) in [6, 6.07) is 5.01. The van der Waals surface area contributed by atoms with Gasteiger partial charge in [0.05, 0.1) is 0 Å². The summed E-state index contributed by atoms with van der Waals surface area (Å²) >= 11 is 0. The molecule has 0 heterocycles. The summed E-state index contributed by atoms with van der Waals surface area (Å²) in [7, 11) is 0.